The number of unbranched alkanes of at least 4 members (excludes halogenated alkanes) is 20. The summed E-state index contributed by atoms with van der Waals surface area (Å²) in [5.41, 5.74) is 0. The predicted molar refractivity (Wildman–Crippen MR) is 172 cm³/mol. The fourth-order valence-corrected chi connectivity index (χ4v) is 5.35. The molecule has 1 N–H and O–H groups in total. The van der Waals surface area contributed by atoms with Crippen LogP contribution >= 0.6 is 0 Å². The Labute approximate surface area is 254 Å². The second-order valence-corrected chi connectivity index (χ2v) is 12.5. The molecule has 0 heterocycles. The van der Waals surface area contributed by atoms with E-state index in [9.17, 15) is 14.7 Å². The number of quaternary nitrogens is 1. The lowest BCUT2D eigenvalue weighted by molar-refractivity contribution is -0.908. The molecule has 6 heteroatoms. The molecule has 0 unspecified atom stereocenters. The highest BCUT2D eigenvalue weighted by Crippen LogP contribution is 2.13. The number of hydrogen-bond donors (Lipinski definition) is 1. The van der Waals surface area contributed by atoms with Crippen LogP contribution in [0.5, 0.6) is 0 Å². The van der Waals surface area contributed by atoms with Crippen LogP contribution in [-0.2, 0) is 19.1 Å². The molecular formula is C35H70NO5+. The molecule has 0 aromatic heterocycles. The average molecular weight is 585 g/mol. The number of hydrogen-bond acceptors (Lipinski definition) is 5. The summed E-state index contributed by atoms with van der Waals surface area (Å²) in [6.07, 6.45) is 28.6. The maximum atomic E-state index is 12.3. The van der Waals surface area contributed by atoms with Crippen molar-refractivity contribution in [2.24, 2.45) is 0 Å². The lowest BCUT2D eigenvalue weighted by Crippen LogP contribution is -2.48. The van der Waals surface area contributed by atoms with E-state index in [1.807, 2.05) is 7.05 Å². The van der Waals surface area contributed by atoms with Gasteiger partial charge in [-0.25, -0.2) is 0 Å². The number of esters is 2. The number of likely N-dealkylation sites (N-methyl/N-ethyl adjacent to an activating group) is 1. The summed E-state index contributed by atoms with van der Waals surface area (Å²) in [5, 5.41) is 9.54. The monoisotopic (exact) mass is 585 g/mol. The topological polar surface area (TPSA) is 72.8 Å². The molecule has 0 aromatic carbocycles. The van der Waals surface area contributed by atoms with Crippen molar-refractivity contribution in [2.45, 2.75) is 168 Å². The van der Waals surface area contributed by atoms with E-state index < -0.39 is 0 Å². The Morgan fingerprint density at radius 2 is 0.780 bits per heavy atom. The molecule has 0 radical (unpaired) electrons. The van der Waals surface area contributed by atoms with Gasteiger partial charge in [-0.2, -0.15) is 0 Å². The Hall–Kier alpha value is -1.14. The van der Waals surface area contributed by atoms with E-state index in [2.05, 4.69) is 13.8 Å². The highest BCUT2D eigenvalue weighted by molar-refractivity contribution is 5.70. The predicted octanol–water partition coefficient (Wildman–Crippen LogP) is 8.91. The normalized spacial score (nSPS) is 11.6. The Bertz CT molecular complexity index is 539. The number of nitrogens with zero attached hydrogens (tertiary/aromatic N) is 1. The summed E-state index contributed by atoms with van der Waals surface area (Å²) in [6, 6.07) is 0. The van der Waals surface area contributed by atoms with Gasteiger partial charge in [0, 0.05) is 0 Å². The van der Waals surface area contributed by atoms with E-state index in [1.54, 1.807) is 0 Å². The van der Waals surface area contributed by atoms with Crippen LogP contribution in [0.15, 0.2) is 0 Å². The van der Waals surface area contributed by atoms with Crippen molar-refractivity contribution in [1.82, 2.24) is 0 Å². The van der Waals surface area contributed by atoms with E-state index >= 15 is 0 Å². The van der Waals surface area contributed by atoms with Crippen molar-refractivity contribution in [2.75, 3.05) is 46.5 Å². The molecule has 0 aromatic rings. The fraction of sp³-hybridized carbons (Fsp3) is 0.943. The van der Waals surface area contributed by atoms with Crippen LogP contribution in [0.2, 0.25) is 0 Å². The maximum absolute atomic E-state index is 12.3. The van der Waals surface area contributed by atoms with E-state index in [0.29, 0.717) is 50.2 Å². The van der Waals surface area contributed by atoms with Gasteiger partial charge in [0.15, 0.2) is 0 Å². The molecule has 0 amide bonds. The summed E-state index contributed by atoms with van der Waals surface area (Å²) in [6.45, 7) is 7.15. The summed E-state index contributed by atoms with van der Waals surface area (Å²) in [4.78, 5) is 24.5. The minimum Gasteiger partial charge on any atom is -0.466 e. The molecule has 0 rings (SSSR count). The van der Waals surface area contributed by atoms with Gasteiger partial charge in [0.2, 0.25) is 0 Å². The first kappa shape index (κ1) is 39.9. The van der Waals surface area contributed by atoms with Gasteiger partial charge in [0.1, 0.15) is 6.54 Å². The van der Waals surface area contributed by atoms with Gasteiger partial charge >= 0.3 is 11.9 Å². The molecule has 0 saturated heterocycles. The molecule has 0 aliphatic carbocycles. The number of rotatable bonds is 32. The summed E-state index contributed by atoms with van der Waals surface area (Å²) in [5.74, 6) is -0.364. The van der Waals surface area contributed by atoms with Gasteiger partial charge in [-0.05, 0) is 12.8 Å². The van der Waals surface area contributed by atoms with Crippen molar-refractivity contribution >= 4 is 11.9 Å². The van der Waals surface area contributed by atoms with Crippen LogP contribution in [0.1, 0.15) is 168 Å². The molecule has 6 nitrogen and oxygen atoms in total. The van der Waals surface area contributed by atoms with Crippen molar-refractivity contribution < 1.29 is 28.7 Å². The van der Waals surface area contributed by atoms with E-state index in [0.717, 1.165) is 25.7 Å². The number of ether oxygens (including phenoxy) is 2. The van der Waals surface area contributed by atoms with Crippen molar-refractivity contribution in [3.8, 4) is 0 Å². The van der Waals surface area contributed by atoms with Gasteiger partial charge in [-0.15, -0.1) is 0 Å². The minimum atomic E-state index is -0.182. The maximum Gasteiger partial charge on any atom is 0.311 e. The van der Waals surface area contributed by atoms with Gasteiger partial charge < -0.3 is 19.1 Å². The highest BCUT2D eigenvalue weighted by atomic mass is 16.5. The number of aliphatic hydroxyl groups is 1. The van der Waals surface area contributed by atoms with Crippen LogP contribution in [0.4, 0.5) is 0 Å². The van der Waals surface area contributed by atoms with Crippen LogP contribution < -0.4 is 0 Å². The lowest BCUT2D eigenvalue weighted by atomic mass is 10.1. The van der Waals surface area contributed by atoms with E-state index in [1.165, 1.54) is 116 Å². The molecule has 0 saturated carbocycles. The third-order valence-corrected chi connectivity index (χ3v) is 8.37. The van der Waals surface area contributed by atoms with Crippen molar-refractivity contribution in [1.29, 1.82) is 0 Å². The Morgan fingerprint density at radius 1 is 0.488 bits per heavy atom. The average Bonchev–Trinajstić information content (AvgIpc) is 2.96. The number of carbonyl (C=O) groups is 2. The van der Waals surface area contributed by atoms with E-state index in [-0.39, 0.29) is 18.5 Å². The van der Waals surface area contributed by atoms with Crippen LogP contribution in [0, 0.1) is 0 Å². The molecule has 0 bridgehead atoms. The standard InChI is InChI=1S/C35H70NO5/c1-4-6-8-10-12-14-16-18-20-22-24-32-40-34(38)26-28-36(3,30-31-37)29-27-35(39)41-33-25-23-21-19-17-15-13-11-9-7-5-2/h37H,4-33H2,1-3H3/q+1. The Balaban J connectivity index is 3.79. The van der Waals surface area contributed by atoms with Gasteiger partial charge in [0.25, 0.3) is 0 Å². The third-order valence-electron chi connectivity index (χ3n) is 8.37. The SMILES string of the molecule is CCCCCCCCCCCCCOC(=O)CC[N+](C)(CCO)CCC(=O)OCCCCCCCCCCCCC. The molecular weight excluding hydrogens is 514 g/mol. The largest absolute Gasteiger partial charge is 0.466 e. The molecule has 0 fully saturated rings. The lowest BCUT2D eigenvalue weighted by Gasteiger charge is -2.33. The Morgan fingerprint density at radius 3 is 1.07 bits per heavy atom. The number of carbonyl (C=O) groups excluding carboxylic acids is 2. The summed E-state index contributed by atoms with van der Waals surface area (Å²) >= 11 is 0. The molecule has 244 valence electrons. The number of aliphatic hydroxyl groups excluding tert-OH is 1. The van der Waals surface area contributed by atoms with E-state index in [4.69, 9.17) is 9.47 Å². The zero-order valence-electron chi connectivity index (χ0n) is 27.7. The molecule has 0 spiro atoms. The third kappa shape index (κ3) is 28.7. The second-order valence-electron chi connectivity index (χ2n) is 12.5. The van der Waals surface area contributed by atoms with Gasteiger partial charge in [-0.1, -0.05) is 142 Å². The first-order valence-electron chi connectivity index (χ1n) is 17.7. The minimum absolute atomic E-state index is 0.0259. The molecule has 41 heavy (non-hydrogen) atoms. The second kappa shape index (κ2) is 30.3. The van der Waals surface area contributed by atoms with Crippen LogP contribution in [0.25, 0.3) is 0 Å². The fourth-order valence-electron chi connectivity index (χ4n) is 5.35. The quantitative estimate of drug-likeness (QED) is 0.0485. The summed E-state index contributed by atoms with van der Waals surface area (Å²) in [7, 11) is 1.99. The first-order chi connectivity index (χ1) is 20.0. The van der Waals surface area contributed by atoms with Gasteiger partial charge in [0.05, 0.1) is 52.8 Å². The molecule has 0 aliphatic heterocycles. The highest BCUT2D eigenvalue weighted by Gasteiger charge is 2.24. The van der Waals surface area contributed by atoms with Gasteiger partial charge in [-0.3, -0.25) is 9.59 Å². The zero-order chi connectivity index (χ0) is 30.3. The molecule has 0 aliphatic rings. The van der Waals surface area contributed by atoms with Crippen molar-refractivity contribution in [3.05, 3.63) is 0 Å². The Kier molecular flexibility index (Phi) is 29.5. The van der Waals surface area contributed by atoms with Crippen LogP contribution in [0.3, 0.4) is 0 Å². The summed E-state index contributed by atoms with van der Waals surface area (Å²) < 4.78 is 11.4. The van der Waals surface area contributed by atoms with Crippen LogP contribution in [-0.4, -0.2) is 68.0 Å². The zero-order valence-corrected chi connectivity index (χ0v) is 27.7. The van der Waals surface area contributed by atoms with Crippen molar-refractivity contribution in [3.63, 3.8) is 0 Å². The molecule has 0 atom stereocenters. The first-order valence-corrected chi connectivity index (χ1v) is 17.7. The smallest absolute Gasteiger partial charge is 0.311 e.